The average Bonchev–Trinajstić information content (AvgIpc) is 2.82. The molecule has 2 aromatic rings. The summed E-state index contributed by atoms with van der Waals surface area (Å²) in [6.45, 7) is 4.95. The van der Waals surface area contributed by atoms with E-state index in [1.807, 2.05) is 13.8 Å². The van der Waals surface area contributed by atoms with Crippen LogP contribution in [0.5, 0.6) is 11.5 Å². The molecule has 0 saturated carbocycles. The smallest absolute Gasteiger partial charge is 0.327 e. The fraction of sp³-hybridized carbons (Fsp3) is 0.500. The second-order valence-electron chi connectivity index (χ2n) is 5.84. The number of hydrogen-bond donors (Lipinski definition) is 1. The number of methoxy groups -OCH3 is 1. The summed E-state index contributed by atoms with van der Waals surface area (Å²) in [7, 11) is 1.56. The van der Waals surface area contributed by atoms with E-state index >= 15 is 0 Å². The van der Waals surface area contributed by atoms with Crippen LogP contribution in [0.25, 0.3) is 11.0 Å². The van der Waals surface area contributed by atoms with Crippen LogP contribution >= 0.6 is 0 Å². The van der Waals surface area contributed by atoms with Gasteiger partial charge in [-0.1, -0.05) is 13.8 Å². The van der Waals surface area contributed by atoms with Crippen molar-refractivity contribution in [2.45, 2.75) is 26.5 Å². The van der Waals surface area contributed by atoms with Crippen LogP contribution in [0.3, 0.4) is 0 Å². The SMILES string of the molecule is COCc1nc2cc3c(cc2n1C(C(=O)O)C(C)C)OCCO3. The largest absolute Gasteiger partial charge is 0.486 e. The second-order valence-corrected chi connectivity index (χ2v) is 5.84. The summed E-state index contributed by atoms with van der Waals surface area (Å²) >= 11 is 0. The first-order valence-corrected chi connectivity index (χ1v) is 7.55. The molecule has 0 radical (unpaired) electrons. The number of aromatic nitrogens is 2. The van der Waals surface area contributed by atoms with Crippen LogP contribution in [0.1, 0.15) is 25.7 Å². The normalized spacial score (nSPS) is 15.1. The van der Waals surface area contributed by atoms with Gasteiger partial charge in [-0.15, -0.1) is 0 Å². The lowest BCUT2D eigenvalue weighted by Crippen LogP contribution is -2.26. The van der Waals surface area contributed by atoms with E-state index in [0.717, 1.165) is 0 Å². The quantitative estimate of drug-likeness (QED) is 0.909. The Balaban J connectivity index is 2.23. The molecule has 1 aromatic heterocycles. The van der Waals surface area contributed by atoms with Crippen molar-refractivity contribution in [1.82, 2.24) is 9.55 Å². The van der Waals surface area contributed by atoms with Crippen molar-refractivity contribution in [3.8, 4) is 11.5 Å². The molecule has 1 aliphatic heterocycles. The van der Waals surface area contributed by atoms with E-state index in [0.29, 0.717) is 41.6 Å². The summed E-state index contributed by atoms with van der Waals surface area (Å²) in [5, 5.41) is 9.66. The Morgan fingerprint density at radius 1 is 1.35 bits per heavy atom. The Hall–Kier alpha value is -2.28. The van der Waals surface area contributed by atoms with Gasteiger partial charge in [0, 0.05) is 19.2 Å². The number of carboxylic acids is 1. The van der Waals surface area contributed by atoms with Gasteiger partial charge in [-0.05, 0) is 5.92 Å². The molecule has 1 unspecified atom stereocenters. The first kappa shape index (κ1) is 15.6. The fourth-order valence-electron chi connectivity index (χ4n) is 2.92. The Bertz CT molecular complexity index is 738. The third-order valence-electron chi connectivity index (χ3n) is 3.86. The fourth-order valence-corrected chi connectivity index (χ4v) is 2.92. The zero-order valence-corrected chi connectivity index (χ0v) is 13.4. The number of carbonyl (C=O) groups is 1. The Morgan fingerprint density at radius 2 is 2.00 bits per heavy atom. The highest BCUT2D eigenvalue weighted by Crippen LogP contribution is 2.37. The van der Waals surface area contributed by atoms with Crippen molar-refractivity contribution >= 4 is 17.0 Å². The number of ether oxygens (including phenoxy) is 3. The van der Waals surface area contributed by atoms with E-state index in [2.05, 4.69) is 4.98 Å². The molecule has 0 bridgehead atoms. The van der Waals surface area contributed by atoms with Crippen LogP contribution in [0.4, 0.5) is 0 Å². The summed E-state index contributed by atoms with van der Waals surface area (Å²) < 4.78 is 18.1. The number of nitrogens with zero attached hydrogens (tertiary/aromatic N) is 2. The topological polar surface area (TPSA) is 82.8 Å². The minimum atomic E-state index is -0.897. The molecule has 23 heavy (non-hydrogen) atoms. The number of benzene rings is 1. The molecule has 1 atom stereocenters. The standard InChI is InChI=1S/C16H20N2O5/c1-9(2)15(16(19)20)18-11-7-13-12(22-4-5-23-13)6-10(11)17-14(18)8-21-3/h6-7,9,15H,4-5,8H2,1-3H3,(H,19,20). The molecule has 0 aliphatic carbocycles. The Labute approximate surface area is 133 Å². The molecule has 1 N–H and O–H groups in total. The molecular formula is C16H20N2O5. The van der Waals surface area contributed by atoms with Crippen LogP contribution in [-0.4, -0.2) is 41.0 Å². The lowest BCUT2D eigenvalue weighted by Gasteiger charge is -2.22. The first-order valence-electron chi connectivity index (χ1n) is 7.55. The summed E-state index contributed by atoms with van der Waals surface area (Å²) in [6, 6.07) is 2.86. The Kier molecular flexibility index (Phi) is 4.12. The van der Waals surface area contributed by atoms with Crippen LogP contribution < -0.4 is 9.47 Å². The van der Waals surface area contributed by atoms with Crippen molar-refractivity contribution in [1.29, 1.82) is 0 Å². The molecule has 124 valence electrons. The van der Waals surface area contributed by atoms with Crippen LogP contribution in [0, 0.1) is 5.92 Å². The average molecular weight is 320 g/mol. The number of imidazole rings is 1. The lowest BCUT2D eigenvalue weighted by atomic mass is 10.0. The highest BCUT2D eigenvalue weighted by atomic mass is 16.6. The van der Waals surface area contributed by atoms with Crippen molar-refractivity contribution in [2.24, 2.45) is 5.92 Å². The maximum Gasteiger partial charge on any atom is 0.327 e. The summed E-state index contributed by atoms with van der Waals surface area (Å²) in [5.41, 5.74) is 1.38. The molecule has 1 aromatic carbocycles. The molecule has 1 aliphatic rings. The van der Waals surface area contributed by atoms with Gasteiger partial charge in [0.1, 0.15) is 31.7 Å². The molecule has 2 heterocycles. The minimum Gasteiger partial charge on any atom is -0.486 e. The summed E-state index contributed by atoms with van der Waals surface area (Å²) in [4.78, 5) is 16.3. The minimum absolute atomic E-state index is 0.103. The zero-order valence-electron chi connectivity index (χ0n) is 13.4. The van der Waals surface area contributed by atoms with E-state index in [4.69, 9.17) is 14.2 Å². The first-order chi connectivity index (χ1) is 11.0. The molecule has 0 spiro atoms. The van der Waals surface area contributed by atoms with E-state index in [1.165, 1.54) is 0 Å². The maximum absolute atomic E-state index is 11.8. The molecule has 0 fully saturated rings. The molecule has 7 nitrogen and oxygen atoms in total. The summed E-state index contributed by atoms with van der Waals surface area (Å²) in [6.07, 6.45) is 0. The van der Waals surface area contributed by atoms with Gasteiger partial charge >= 0.3 is 5.97 Å². The predicted octanol–water partition coefficient (Wildman–Crippen LogP) is 2.24. The number of rotatable bonds is 5. The third-order valence-corrected chi connectivity index (χ3v) is 3.86. The van der Waals surface area contributed by atoms with E-state index < -0.39 is 12.0 Å². The van der Waals surface area contributed by atoms with Crippen LogP contribution in [0.2, 0.25) is 0 Å². The lowest BCUT2D eigenvalue weighted by molar-refractivity contribution is -0.142. The monoisotopic (exact) mass is 320 g/mol. The van der Waals surface area contributed by atoms with Gasteiger partial charge in [0.15, 0.2) is 11.5 Å². The van der Waals surface area contributed by atoms with E-state index in [1.54, 1.807) is 23.8 Å². The highest BCUT2D eigenvalue weighted by Gasteiger charge is 2.29. The molecule has 3 rings (SSSR count). The predicted molar refractivity (Wildman–Crippen MR) is 82.9 cm³/mol. The van der Waals surface area contributed by atoms with Gasteiger partial charge < -0.3 is 23.9 Å². The van der Waals surface area contributed by atoms with Crippen molar-refractivity contribution in [2.75, 3.05) is 20.3 Å². The number of fused-ring (bicyclic) bond motifs is 2. The van der Waals surface area contributed by atoms with Crippen molar-refractivity contribution < 1.29 is 24.1 Å². The van der Waals surface area contributed by atoms with Gasteiger partial charge in [0.05, 0.1) is 11.0 Å². The molecule has 0 saturated heterocycles. The maximum atomic E-state index is 11.8. The second kappa shape index (κ2) is 6.08. The number of aliphatic carboxylic acids is 1. The van der Waals surface area contributed by atoms with Gasteiger partial charge in [-0.3, -0.25) is 0 Å². The summed E-state index contributed by atoms with van der Waals surface area (Å²) in [5.74, 6) is 0.821. The van der Waals surface area contributed by atoms with Crippen molar-refractivity contribution in [3.05, 3.63) is 18.0 Å². The van der Waals surface area contributed by atoms with Gasteiger partial charge in [0.2, 0.25) is 0 Å². The molecular weight excluding hydrogens is 300 g/mol. The van der Waals surface area contributed by atoms with Crippen LogP contribution in [0.15, 0.2) is 12.1 Å². The van der Waals surface area contributed by atoms with E-state index in [9.17, 15) is 9.90 Å². The third kappa shape index (κ3) is 2.72. The van der Waals surface area contributed by atoms with Crippen LogP contribution in [-0.2, 0) is 16.1 Å². The van der Waals surface area contributed by atoms with Gasteiger partial charge in [-0.2, -0.15) is 0 Å². The molecule has 0 amide bonds. The molecule has 7 heteroatoms. The van der Waals surface area contributed by atoms with Gasteiger partial charge in [0.25, 0.3) is 0 Å². The van der Waals surface area contributed by atoms with E-state index in [-0.39, 0.29) is 12.5 Å². The number of hydrogen-bond acceptors (Lipinski definition) is 5. The number of carboxylic acid groups (broad SMARTS) is 1. The zero-order chi connectivity index (χ0) is 16.6. The Morgan fingerprint density at radius 3 is 2.57 bits per heavy atom. The van der Waals surface area contributed by atoms with Crippen molar-refractivity contribution in [3.63, 3.8) is 0 Å². The van der Waals surface area contributed by atoms with Gasteiger partial charge in [-0.25, -0.2) is 9.78 Å². The highest BCUT2D eigenvalue weighted by molar-refractivity contribution is 5.83.